The second-order valence-electron chi connectivity index (χ2n) is 17.8. The smallest absolute Gasteiger partial charge is 0.0116 e. The highest BCUT2D eigenvalue weighted by atomic mass is 14.6. The lowest BCUT2D eigenvalue weighted by Crippen LogP contribution is -2.47. The van der Waals surface area contributed by atoms with Crippen molar-refractivity contribution < 1.29 is 0 Å². The molecule has 40 heavy (non-hydrogen) atoms. The Morgan fingerprint density at radius 3 is 1.82 bits per heavy atom. The van der Waals surface area contributed by atoms with Gasteiger partial charge in [0.25, 0.3) is 0 Å². The predicted octanol–water partition coefficient (Wildman–Crippen LogP) is 12.0. The summed E-state index contributed by atoms with van der Waals surface area (Å²) in [5.74, 6) is 7.63. The highest BCUT2D eigenvalue weighted by Crippen LogP contribution is 2.69. The summed E-state index contributed by atoms with van der Waals surface area (Å²) in [6.45, 7) is 32.0. The molecular weight excluding hydrogens is 480 g/mol. The first-order chi connectivity index (χ1) is 18.5. The first kappa shape index (κ1) is 30.4. The second kappa shape index (κ2) is 10.3. The van der Waals surface area contributed by atoms with E-state index in [1.165, 1.54) is 75.4 Å². The first-order valence-corrected chi connectivity index (χ1v) is 17.2. The van der Waals surface area contributed by atoms with E-state index in [9.17, 15) is 0 Å². The van der Waals surface area contributed by atoms with E-state index < -0.39 is 0 Å². The van der Waals surface area contributed by atoms with Crippen LogP contribution in [0.3, 0.4) is 0 Å². The second-order valence-corrected chi connectivity index (χ2v) is 17.8. The molecule has 0 heteroatoms. The number of fused-ring (bicyclic) bond motifs is 5. The molecule has 6 fully saturated rings. The molecule has 0 aliphatic heterocycles. The van der Waals surface area contributed by atoms with Crippen LogP contribution in [-0.4, -0.2) is 0 Å². The highest BCUT2D eigenvalue weighted by Gasteiger charge is 2.60. The maximum Gasteiger partial charge on any atom is -0.0116 e. The number of rotatable bonds is 1. The van der Waals surface area contributed by atoms with Gasteiger partial charge in [-0.2, -0.15) is 0 Å². The van der Waals surface area contributed by atoms with Crippen LogP contribution in [0.15, 0.2) is 47.6 Å². The average molecular weight is 545 g/mol. The van der Waals surface area contributed by atoms with E-state index >= 15 is 0 Å². The maximum atomic E-state index is 4.19. The third-order valence-corrected chi connectivity index (χ3v) is 14.7. The molecule has 0 nitrogen and oxygen atoms in total. The number of hydrogen-bond donors (Lipinski definition) is 0. The minimum atomic E-state index is 0.475. The lowest BCUT2D eigenvalue weighted by molar-refractivity contribution is -0.00579. The largest absolute Gasteiger partial charge is 0.0996 e. The van der Waals surface area contributed by atoms with Crippen molar-refractivity contribution >= 4 is 0 Å². The van der Waals surface area contributed by atoms with Crippen LogP contribution in [0.1, 0.15) is 133 Å². The molecule has 9 aliphatic rings. The fourth-order valence-corrected chi connectivity index (χ4v) is 10.5. The van der Waals surface area contributed by atoms with Crippen LogP contribution in [0.5, 0.6) is 0 Å². The van der Waals surface area contributed by atoms with Crippen molar-refractivity contribution in [3.05, 3.63) is 47.6 Å². The summed E-state index contributed by atoms with van der Waals surface area (Å²) in [7, 11) is 0. The minimum absolute atomic E-state index is 0.475. The zero-order valence-corrected chi connectivity index (χ0v) is 28.3. The molecule has 0 saturated heterocycles. The Morgan fingerprint density at radius 2 is 1.50 bits per heavy atom. The van der Waals surface area contributed by atoms with Crippen molar-refractivity contribution in [2.75, 3.05) is 0 Å². The third kappa shape index (κ3) is 5.08. The summed E-state index contributed by atoms with van der Waals surface area (Å²) in [5, 5.41) is 0. The van der Waals surface area contributed by atoms with Crippen molar-refractivity contribution in [2.24, 2.45) is 69.0 Å². The van der Waals surface area contributed by atoms with Crippen molar-refractivity contribution in [3.63, 3.8) is 0 Å². The Bertz CT molecular complexity index is 1070. The molecule has 8 unspecified atom stereocenters. The molecule has 0 N–H and O–H groups in total. The summed E-state index contributed by atoms with van der Waals surface area (Å²) in [6, 6.07) is 0. The van der Waals surface area contributed by atoms with E-state index in [0.29, 0.717) is 16.2 Å². The summed E-state index contributed by atoms with van der Waals surface area (Å²) in [5.41, 5.74) is 8.85. The van der Waals surface area contributed by atoms with Crippen LogP contribution >= 0.6 is 0 Å². The monoisotopic (exact) mass is 545 g/mol. The summed E-state index contributed by atoms with van der Waals surface area (Å²) in [4.78, 5) is 0. The van der Waals surface area contributed by atoms with Gasteiger partial charge in [0.15, 0.2) is 0 Å². The molecule has 0 radical (unpaired) electrons. The Hall–Kier alpha value is -1.04. The topological polar surface area (TPSA) is 0 Å². The predicted molar refractivity (Wildman–Crippen MR) is 175 cm³/mol. The molecule has 8 atom stereocenters. The van der Waals surface area contributed by atoms with Crippen LogP contribution in [0.2, 0.25) is 0 Å². The fourth-order valence-electron chi connectivity index (χ4n) is 10.5. The standard InChI is InChI=1S/4C10H16/c1-7-8-4-5-9(6-8)10(7,2)3;1-7-4-5-8-6-9(7)10(8,2)3;1-7-4-5-8-9(6-7)10(8,2)3;1-7(2)10-5-4-8(3)9(10)6-10/h8-9H,1,4-6H2,2-3H3;2*4,8-9H,5-6H2,1-3H3;7,9H,3-6H2,1-2H3. The van der Waals surface area contributed by atoms with Gasteiger partial charge in [0.1, 0.15) is 0 Å². The van der Waals surface area contributed by atoms with E-state index in [0.717, 1.165) is 52.8 Å². The van der Waals surface area contributed by atoms with E-state index in [4.69, 9.17) is 0 Å². The molecule has 0 aromatic rings. The van der Waals surface area contributed by atoms with Crippen molar-refractivity contribution in [1.82, 2.24) is 0 Å². The van der Waals surface area contributed by atoms with E-state index in [1.807, 2.05) is 0 Å². The van der Waals surface area contributed by atoms with Crippen LogP contribution in [-0.2, 0) is 0 Å². The zero-order valence-electron chi connectivity index (χ0n) is 28.3. The van der Waals surface area contributed by atoms with Gasteiger partial charge in [-0.25, -0.2) is 0 Å². The van der Waals surface area contributed by atoms with Crippen molar-refractivity contribution in [3.8, 4) is 0 Å². The van der Waals surface area contributed by atoms with Gasteiger partial charge in [0, 0.05) is 0 Å². The quantitative estimate of drug-likeness (QED) is 0.288. The molecule has 9 rings (SSSR count). The summed E-state index contributed by atoms with van der Waals surface area (Å²) in [6.07, 6.45) is 18.9. The average Bonchev–Trinajstić information content (AvgIpc) is 3.51. The Morgan fingerprint density at radius 1 is 0.800 bits per heavy atom. The van der Waals surface area contributed by atoms with E-state index in [-0.39, 0.29) is 0 Å². The van der Waals surface area contributed by atoms with Crippen LogP contribution in [0.4, 0.5) is 0 Å². The molecule has 224 valence electrons. The molecule has 4 bridgehead atoms. The summed E-state index contributed by atoms with van der Waals surface area (Å²) < 4.78 is 0. The number of allylic oxidation sites excluding steroid dienone is 6. The van der Waals surface area contributed by atoms with Crippen LogP contribution in [0.25, 0.3) is 0 Å². The van der Waals surface area contributed by atoms with Crippen molar-refractivity contribution in [2.45, 2.75) is 133 Å². The maximum absolute atomic E-state index is 4.19. The SMILES string of the molecule is C=C1C2CCC(C2)C1(C)C.C=C1CCC2(C(C)C)CC12.CC1=CCC2C(C1)C2(C)C.CC1=CCC2CC1C2(C)C. The van der Waals surface area contributed by atoms with Gasteiger partial charge in [0.05, 0.1) is 0 Å². The molecule has 0 aromatic heterocycles. The molecule has 6 saturated carbocycles. The minimum Gasteiger partial charge on any atom is -0.0996 e. The molecule has 9 aliphatic carbocycles. The van der Waals surface area contributed by atoms with Gasteiger partial charge >= 0.3 is 0 Å². The van der Waals surface area contributed by atoms with Crippen LogP contribution < -0.4 is 0 Å². The molecular formula is C40H64. The normalized spacial score (nSPS) is 42.8. The van der Waals surface area contributed by atoms with Gasteiger partial charge in [-0.1, -0.05) is 103 Å². The zero-order chi connectivity index (χ0) is 29.4. The van der Waals surface area contributed by atoms with Gasteiger partial charge in [-0.15, -0.1) is 0 Å². The van der Waals surface area contributed by atoms with Gasteiger partial charge in [0.2, 0.25) is 0 Å². The fraction of sp³-hybridized carbons (Fsp3) is 0.800. The molecule has 0 amide bonds. The van der Waals surface area contributed by atoms with Gasteiger partial charge in [-0.3, -0.25) is 0 Å². The van der Waals surface area contributed by atoms with E-state index in [1.54, 1.807) is 11.1 Å². The molecule has 0 spiro atoms. The first-order valence-electron chi connectivity index (χ1n) is 17.2. The Labute approximate surface area is 249 Å². The number of hydrogen-bond acceptors (Lipinski definition) is 0. The third-order valence-electron chi connectivity index (χ3n) is 14.7. The lowest BCUT2D eigenvalue weighted by atomic mass is 9.49. The van der Waals surface area contributed by atoms with Crippen molar-refractivity contribution in [1.29, 1.82) is 0 Å². The lowest BCUT2D eigenvalue weighted by Gasteiger charge is -2.56. The van der Waals surface area contributed by atoms with Crippen LogP contribution in [0, 0.1) is 69.0 Å². The molecule has 0 heterocycles. The highest BCUT2D eigenvalue weighted by molar-refractivity contribution is 5.26. The molecule has 0 aromatic carbocycles. The van der Waals surface area contributed by atoms with E-state index in [2.05, 4.69) is 94.5 Å². The Kier molecular flexibility index (Phi) is 7.83. The summed E-state index contributed by atoms with van der Waals surface area (Å²) >= 11 is 0. The van der Waals surface area contributed by atoms with Gasteiger partial charge in [-0.05, 0) is 147 Å². The van der Waals surface area contributed by atoms with Gasteiger partial charge < -0.3 is 0 Å². The Balaban J connectivity index is 0.000000108.